The van der Waals surface area contributed by atoms with Gasteiger partial charge in [0.15, 0.2) is 0 Å². The molecular weight excluding hydrogens is 407 g/mol. The Kier molecular flexibility index (Phi) is 7.00. The van der Waals surface area contributed by atoms with Crippen molar-refractivity contribution in [1.82, 2.24) is 0 Å². The van der Waals surface area contributed by atoms with Crippen LogP contribution in [0.15, 0.2) is 78.9 Å². The molecule has 3 aromatic carbocycles. The molecule has 0 aliphatic rings. The average Bonchev–Trinajstić information content (AvgIpc) is 2.71. The van der Waals surface area contributed by atoms with Crippen LogP contribution in [-0.4, -0.2) is 26.4 Å². The predicted octanol–water partition coefficient (Wildman–Crippen LogP) is 6.50. The number of aromatic hydroxyl groups is 1. The van der Waals surface area contributed by atoms with Gasteiger partial charge in [-0.15, -0.1) is 0 Å². The second kappa shape index (κ2) is 9.66. The summed E-state index contributed by atoms with van der Waals surface area (Å²) in [5.41, 5.74) is 10.5. The first kappa shape index (κ1) is 20.3. The van der Waals surface area contributed by atoms with E-state index in [1.165, 1.54) is 16.3 Å². The van der Waals surface area contributed by atoms with Crippen molar-refractivity contribution in [3.63, 3.8) is 0 Å². The molecule has 0 aliphatic carbocycles. The minimum atomic E-state index is -0.645. The van der Waals surface area contributed by atoms with Gasteiger partial charge in [0.05, 0.1) is 0 Å². The molecule has 0 saturated carbocycles. The van der Waals surface area contributed by atoms with Gasteiger partial charge in [-0.3, -0.25) is 0 Å². The summed E-state index contributed by atoms with van der Waals surface area (Å²) in [5, 5.41) is 10.9. The Morgan fingerprint density at radius 2 is 1.36 bits per heavy atom. The summed E-state index contributed by atoms with van der Waals surface area (Å²) >= 11 is -0.645. The van der Waals surface area contributed by atoms with Gasteiger partial charge in [-0.1, -0.05) is 6.07 Å². The molecule has 3 heteroatoms. The molecule has 3 rings (SSSR count). The van der Waals surface area contributed by atoms with E-state index in [-0.39, 0.29) is 5.75 Å². The zero-order chi connectivity index (χ0) is 19.9. The molecule has 0 radical (unpaired) electrons. The standard InChI is InChI=1S/C25H27AsO2/c1-19(20-7-5-4-6-8-20)25(21-9-13-23(27)14-10-21)22-11-15-24(16-12-22)28-18-17-26(2)3/h4-16,27H,17-18H2,1-3H3/b25-19+. The molecule has 0 atom stereocenters. The second-order valence-electron chi connectivity index (χ2n) is 7.09. The van der Waals surface area contributed by atoms with Crippen molar-refractivity contribution < 1.29 is 9.84 Å². The van der Waals surface area contributed by atoms with E-state index in [1.807, 2.05) is 18.2 Å². The molecule has 0 spiro atoms. The van der Waals surface area contributed by atoms with Gasteiger partial charge in [0.2, 0.25) is 0 Å². The van der Waals surface area contributed by atoms with Gasteiger partial charge < -0.3 is 5.11 Å². The van der Waals surface area contributed by atoms with E-state index in [2.05, 4.69) is 66.9 Å². The fraction of sp³-hybridized carbons (Fsp3) is 0.200. The summed E-state index contributed by atoms with van der Waals surface area (Å²) in [6, 6.07) is 26.2. The van der Waals surface area contributed by atoms with Gasteiger partial charge in [-0.25, -0.2) is 0 Å². The SMILES string of the molecule is C/C(=C(/c1ccc(O)cc1)c1ccc(OCC[As](C)C)cc1)c1ccccc1. The molecule has 3 aromatic rings. The molecule has 0 aromatic heterocycles. The van der Waals surface area contributed by atoms with E-state index >= 15 is 0 Å². The number of hydrogen-bond donors (Lipinski definition) is 1. The number of hydrogen-bond acceptors (Lipinski definition) is 2. The van der Waals surface area contributed by atoms with Crippen molar-refractivity contribution in [2.75, 3.05) is 6.61 Å². The van der Waals surface area contributed by atoms with Crippen LogP contribution in [0.25, 0.3) is 11.1 Å². The Morgan fingerprint density at radius 3 is 1.93 bits per heavy atom. The normalized spacial score (nSPS) is 12.0. The van der Waals surface area contributed by atoms with Crippen LogP contribution >= 0.6 is 0 Å². The van der Waals surface area contributed by atoms with Crippen LogP contribution in [-0.2, 0) is 0 Å². The van der Waals surface area contributed by atoms with E-state index in [0.29, 0.717) is 0 Å². The number of allylic oxidation sites excluding steroid dienone is 1. The number of phenols is 1. The zero-order valence-electron chi connectivity index (χ0n) is 16.7. The van der Waals surface area contributed by atoms with Crippen LogP contribution in [0.4, 0.5) is 0 Å². The fourth-order valence-electron chi connectivity index (χ4n) is 3.12. The van der Waals surface area contributed by atoms with E-state index < -0.39 is 14.7 Å². The Balaban J connectivity index is 1.97. The van der Waals surface area contributed by atoms with Crippen LogP contribution in [0.1, 0.15) is 23.6 Å². The molecule has 28 heavy (non-hydrogen) atoms. The van der Waals surface area contributed by atoms with Crippen LogP contribution in [0.2, 0.25) is 16.6 Å². The first-order valence-corrected chi connectivity index (χ1v) is 14.6. The third-order valence-corrected chi connectivity index (χ3v) is 6.95. The molecule has 0 aliphatic heterocycles. The van der Waals surface area contributed by atoms with Crippen molar-refractivity contribution in [2.24, 2.45) is 0 Å². The Labute approximate surface area is 172 Å². The molecule has 0 amide bonds. The van der Waals surface area contributed by atoms with Crippen molar-refractivity contribution in [3.8, 4) is 11.5 Å². The molecule has 2 nitrogen and oxygen atoms in total. The van der Waals surface area contributed by atoms with E-state index in [0.717, 1.165) is 29.1 Å². The Bertz CT molecular complexity index is 911. The molecule has 0 saturated heterocycles. The Hall–Kier alpha value is -2.44. The van der Waals surface area contributed by atoms with E-state index in [9.17, 15) is 5.11 Å². The van der Waals surface area contributed by atoms with Crippen LogP contribution in [0.3, 0.4) is 0 Å². The van der Waals surface area contributed by atoms with Crippen molar-refractivity contribution in [2.45, 2.75) is 23.6 Å². The molecule has 0 unspecified atom stereocenters. The predicted molar refractivity (Wildman–Crippen MR) is 120 cm³/mol. The first-order valence-electron chi connectivity index (χ1n) is 9.48. The molecule has 0 fully saturated rings. The molecule has 0 heterocycles. The Morgan fingerprint density at radius 1 is 0.786 bits per heavy atom. The first-order chi connectivity index (χ1) is 13.5. The van der Waals surface area contributed by atoms with Gasteiger partial charge in [0, 0.05) is 0 Å². The fourth-order valence-corrected chi connectivity index (χ4v) is 4.08. The average molecular weight is 434 g/mol. The quantitative estimate of drug-likeness (QED) is 0.340. The monoisotopic (exact) mass is 434 g/mol. The number of ether oxygens (including phenoxy) is 1. The minimum absolute atomic E-state index is 0.276. The van der Waals surface area contributed by atoms with Gasteiger partial charge in [0.1, 0.15) is 0 Å². The molecule has 1 N–H and O–H groups in total. The summed E-state index contributed by atoms with van der Waals surface area (Å²) in [7, 11) is 0. The second-order valence-corrected chi connectivity index (χ2v) is 12.6. The van der Waals surface area contributed by atoms with Gasteiger partial charge >= 0.3 is 162 Å². The van der Waals surface area contributed by atoms with Crippen molar-refractivity contribution in [3.05, 3.63) is 95.6 Å². The summed E-state index contributed by atoms with van der Waals surface area (Å²) in [5.74, 6) is 1.19. The van der Waals surface area contributed by atoms with Crippen molar-refractivity contribution >= 4 is 25.8 Å². The summed E-state index contributed by atoms with van der Waals surface area (Å²) in [4.78, 5) is 0. The van der Waals surface area contributed by atoms with E-state index in [4.69, 9.17) is 4.74 Å². The van der Waals surface area contributed by atoms with E-state index in [1.54, 1.807) is 12.1 Å². The molecule has 144 valence electrons. The van der Waals surface area contributed by atoms with Crippen LogP contribution in [0.5, 0.6) is 11.5 Å². The topological polar surface area (TPSA) is 29.5 Å². The third-order valence-electron chi connectivity index (χ3n) is 4.69. The van der Waals surface area contributed by atoms with Crippen LogP contribution in [0, 0.1) is 0 Å². The van der Waals surface area contributed by atoms with Crippen molar-refractivity contribution in [1.29, 1.82) is 0 Å². The number of rotatable bonds is 7. The number of benzene rings is 3. The maximum atomic E-state index is 9.69. The van der Waals surface area contributed by atoms with Gasteiger partial charge in [-0.2, -0.15) is 0 Å². The number of phenolic OH excluding ortho intramolecular Hbond substituents is 1. The van der Waals surface area contributed by atoms with Gasteiger partial charge in [0.25, 0.3) is 0 Å². The maximum absolute atomic E-state index is 9.69. The van der Waals surface area contributed by atoms with Crippen LogP contribution < -0.4 is 4.74 Å². The third kappa shape index (κ3) is 5.30. The molecule has 0 bridgehead atoms. The zero-order valence-corrected chi connectivity index (χ0v) is 18.6. The summed E-state index contributed by atoms with van der Waals surface area (Å²) < 4.78 is 5.91. The summed E-state index contributed by atoms with van der Waals surface area (Å²) in [6.45, 7) is 2.95. The molecular formula is C25H27AsO2. The summed E-state index contributed by atoms with van der Waals surface area (Å²) in [6.07, 6.45) is 0. The van der Waals surface area contributed by atoms with Gasteiger partial charge in [-0.05, 0) is 0 Å².